The molecule has 0 bridgehead atoms. The van der Waals surface area contributed by atoms with Crippen LogP contribution in [-0.2, 0) is 4.79 Å². The highest BCUT2D eigenvalue weighted by atomic mass is 79.9. The van der Waals surface area contributed by atoms with Crippen LogP contribution in [0.4, 0.5) is 5.69 Å². The number of terminal acetylenes is 1. The Labute approximate surface area is 97.4 Å². The van der Waals surface area contributed by atoms with Gasteiger partial charge in [0.1, 0.15) is 0 Å². The number of carbonyl (C=O) groups excluding carboxylic acids is 1. The van der Waals surface area contributed by atoms with E-state index >= 15 is 0 Å². The number of anilines is 1. The van der Waals surface area contributed by atoms with E-state index in [9.17, 15) is 4.79 Å². The molecule has 1 saturated heterocycles. The van der Waals surface area contributed by atoms with Crippen LogP contribution in [-0.4, -0.2) is 12.5 Å². The first-order chi connectivity index (χ1) is 7.22. The van der Waals surface area contributed by atoms with E-state index < -0.39 is 0 Å². The van der Waals surface area contributed by atoms with Crippen LogP contribution < -0.4 is 4.90 Å². The van der Waals surface area contributed by atoms with Crippen molar-refractivity contribution in [3.8, 4) is 12.3 Å². The summed E-state index contributed by atoms with van der Waals surface area (Å²) >= 11 is 3.43. The lowest BCUT2D eigenvalue weighted by Crippen LogP contribution is -2.24. The van der Waals surface area contributed by atoms with Gasteiger partial charge >= 0.3 is 0 Å². The van der Waals surface area contributed by atoms with Crippen LogP contribution in [0, 0.1) is 18.3 Å². The van der Waals surface area contributed by atoms with E-state index in [4.69, 9.17) is 6.42 Å². The van der Waals surface area contributed by atoms with E-state index in [-0.39, 0.29) is 11.8 Å². The Balaban J connectivity index is 2.30. The van der Waals surface area contributed by atoms with Crippen molar-refractivity contribution in [2.45, 2.75) is 6.42 Å². The molecular formula is C12H10BrNO. The summed E-state index contributed by atoms with van der Waals surface area (Å²) in [5.74, 6) is 2.78. The van der Waals surface area contributed by atoms with E-state index in [2.05, 4.69) is 21.9 Å². The van der Waals surface area contributed by atoms with Crippen molar-refractivity contribution in [1.29, 1.82) is 0 Å². The third kappa shape index (κ3) is 1.91. The summed E-state index contributed by atoms with van der Waals surface area (Å²) in [7, 11) is 0. The normalized spacial score (nSPS) is 20.4. The molecule has 0 saturated carbocycles. The van der Waals surface area contributed by atoms with Crippen molar-refractivity contribution in [1.82, 2.24) is 0 Å². The predicted octanol–water partition coefficient (Wildman–Crippen LogP) is 2.44. The molecule has 1 aromatic rings. The maximum Gasteiger partial charge on any atom is 0.228 e. The van der Waals surface area contributed by atoms with E-state index in [1.54, 1.807) is 4.90 Å². The summed E-state index contributed by atoms with van der Waals surface area (Å²) in [6, 6.07) is 7.68. The van der Waals surface area contributed by atoms with Gasteiger partial charge in [-0.2, -0.15) is 0 Å². The van der Waals surface area contributed by atoms with Gasteiger partial charge in [-0.3, -0.25) is 4.79 Å². The van der Waals surface area contributed by atoms with Crippen molar-refractivity contribution in [3.63, 3.8) is 0 Å². The van der Waals surface area contributed by atoms with Gasteiger partial charge in [0.25, 0.3) is 0 Å². The average molecular weight is 264 g/mol. The topological polar surface area (TPSA) is 20.3 Å². The van der Waals surface area contributed by atoms with Gasteiger partial charge in [-0.05, 0) is 28.1 Å². The van der Waals surface area contributed by atoms with E-state index in [0.29, 0.717) is 13.0 Å². The molecule has 2 rings (SSSR count). The highest BCUT2D eigenvalue weighted by Crippen LogP contribution is 2.30. The van der Waals surface area contributed by atoms with Crippen LogP contribution in [0.2, 0.25) is 0 Å². The quantitative estimate of drug-likeness (QED) is 0.713. The standard InChI is InChI=1S/C12H10BrNO/c1-2-9-7-12(15)14(8-9)11-6-4-3-5-10(11)13/h1,3-6,9H,7-8H2. The van der Waals surface area contributed by atoms with Crippen molar-refractivity contribution >= 4 is 27.5 Å². The predicted molar refractivity (Wildman–Crippen MR) is 63.4 cm³/mol. The molecule has 0 radical (unpaired) electrons. The Morgan fingerprint density at radius 2 is 2.20 bits per heavy atom. The number of rotatable bonds is 1. The smallest absolute Gasteiger partial charge is 0.228 e. The average Bonchev–Trinajstić information content (AvgIpc) is 2.60. The third-order valence-electron chi connectivity index (χ3n) is 2.50. The zero-order valence-corrected chi connectivity index (χ0v) is 9.70. The first kappa shape index (κ1) is 10.3. The number of carbonyl (C=O) groups is 1. The first-order valence-corrected chi connectivity index (χ1v) is 5.52. The van der Waals surface area contributed by atoms with Crippen molar-refractivity contribution in [3.05, 3.63) is 28.7 Å². The number of hydrogen-bond donors (Lipinski definition) is 0. The Morgan fingerprint density at radius 3 is 2.80 bits per heavy atom. The second-order valence-corrected chi connectivity index (χ2v) is 4.38. The van der Waals surface area contributed by atoms with E-state index in [0.717, 1.165) is 10.2 Å². The van der Waals surface area contributed by atoms with Crippen molar-refractivity contribution < 1.29 is 4.79 Å². The number of benzene rings is 1. The number of halogens is 1. The molecule has 0 spiro atoms. The number of amides is 1. The zero-order chi connectivity index (χ0) is 10.8. The van der Waals surface area contributed by atoms with E-state index in [1.165, 1.54) is 0 Å². The SMILES string of the molecule is C#CC1CC(=O)N(c2ccccc2Br)C1. The number of nitrogens with zero attached hydrogens (tertiary/aromatic N) is 1. The molecule has 1 aliphatic rings. The monoisotopic (exact) mass is 263 g/mol. The minimum Gasteiger partial charge on any atom is -0.310 e. The van der Waals surface area contributed by atoms with Crippen LogP contribution in [0.15, 0.2) is 28.7 Å². The van der Waals surface area contributed by atoms with Crippen LogP contribution in [0.1, 0.15) is 6.42 Å². The molecule has 1 heterocycles. The van der Waals surface area contributed by atoms with Gasteiger partial charge in [0.2, 0.25) is 5.91 Å². The van der Waals surface area contributed by atoms with Crippen molar-refractivity contribution in [2.24, 2.45) is 5.92 Å². The Bertz CT molecular complexity index is 435. The van der Waals surface area contributed by atoms with Crippen molar-refractivity contribution in [2.75, 3.05) is 11.4 Å². The zero-order valence-electron chi connectivity index (χ0n) is 8.11. The minimum absolute atomic E-state index is 0.0459. The molecule has 0 N–H and O–H groups in total. The molecule has 1 aliphatic heterocycles. The second kappa shape index (κ2) is 4.08. The molecule has 0 aromatic heterocycles. The van der Waals surface area contributed by atoms with Crippen LogP contribution in [0.5, 0.6) is 0 Å². The molecule has 15 heavy (non-hydrogen) atoms. The summed E-state index contributed by atoms with van der Waals surface area (Å²) in [6.07, 6.45) is 5.79. The largest absolute Gasteiger partial charge is 0.310 e. The van der Waals surface area contributed by atoms with Gasteiger partial charge in [-0.15, -0.1) is 12.3 Å². The summed E-state index contributed by atoms with van der Waals surface area (Å²) < 4.78 is 0.927. The maximum absolute atomic E-state index is 11.7. The summed E-state index contributed by atoms with van der Waals surface area (Å²) in [5.41, 5.74) is 0.903. The van der Waals surface area contributed by atoms with Gasteiger partial charge in [0.15, 0.2) is 0 Å². The van der Waals surface area contributed by atoms with Gasteiger partial charge < -0.3 is 4.90 Å². The lowest BCUT2D eigenvalue weighted by molar-refractivity contribution is -0.117. The molecule has 3 heteroatoms. The summed E-state index contributed by atoms with van der Waals surface area (Å²) in [4.78, 5) is 13.5. The molecule has 1 fully saturated rings. The first-order valence-electron chi connectivity index (χ1n) is 4.73. The molecule has 2 nitrogen and oxygen atoms in total. The highest BCUT2D eigenvalue weighted by Gasteiger charge is 2.30. The van der Waals surface area contributed by atoms with Gasteiger partial charge in [-0.25, -0.2) is 0 Å². The second-order valence-electron chi connectivity index (χ2n) is 3.52. The summed E-state index contributed by atoms with van der Waals surface area (Å²) in [5, 5.41) is 0. The molecule has 1 atom stereocenters. The van der Waals surface area contributed by atoms with Gasteiger partial charge in [0.05, 0.1) is 5.69 Å². The lowest BCUT2D eigenvalue weighted by atomic mass is 10.1. The molecule has 76 valence electrons. The maximum atomic E-state index is 11.7. The molecule has 0 aliphatic carbocycles. The van der Waals surface area contributed by atoms with E-state index in [1.807, 2.05) is 24.3 Å². The number of para-hydroxylation sites is 1. The molecule has 1 amide bonds. The van der Waals surface area contributed by atoms with Crippen LogP contribution in [0.25, 0.3) is 0 Å². The molecular weight excluding hydrogens is 254 g/mol. The Kier molecular flexibility index (Phi) is 2.79. The molecule has 1 unspecified atom stereocenters. The van der Waals surface area contributed by atoms with Crippen LogP contribution in [0.3, 0.4) is 0 Å². The third-order valence-corrected chi connectivity index (χ3v) is 3.17. The van der Waals surface area contributed by atoms with Crippen LogP contribution >= 0.6 is 15.9 Å². The molecule has 1 aromatic carbocycles. The Hall–Kier alpha value is -1.27. The van der Waals surface area contributed by atoms with Gasteiger partial charge in [-0.1, -0.05) is 12.1 Å². The summed E-state index contributed by atoms with van der Waals surface area (Å²) in [6.45, 7) is 0.623. The fraction of sp³-hybridized carbons (Fsp3) is 0.250. The fourth-order valence-electron chi connectivity index (χ4n) is 1.72. The Morgan fingerprint density at radius 1 is 1.47 bits per heavy atom. The minimum atomic E-state index is 0.0459. The lowest BCUT2D eigenvalue weighted by Gasteiger charge is -2.17. The number of hydrogen-bond acceptors (Lipinski definition) is 1. The highest BCUT2D eigenvalue weighted by molar-refractivity contribution is 9.10. The van der Waals surface area contributed by atoms with Gasteiger partial charge in [0, 0.05) is 23.4 Å². The fourth-order valence-corrected chi connectivity index (χ4v) is 2.22.